The van der Waals surface area contributed by atoms with E-state index in [4.69, 9.17) is 4.74 Å². The van der Waals surface area contributed by atoms with E-state index < -0.39 is 21.6 Å². The molecule has 0 amide bonds. The van der Waals surface area contributed by atoms with Crippen molar-refractivity contribution < 1.29 is 22.5 Å². The van der Waals surface area contributed by atoms with Gasteiger partial charge in [0.1, 0.15) is 11.3 Å². The molecular weight excluding hydrogens is 452 g/mol. The molecule has 0 aliphatic rings. The molecule has 10 heteroatoms. The van der Waals surface area contributed by atoms with Gasteiger partial charge in [-0.15, -0.1) is 0 Å². The number of ether oxygens (including phenoxy) is 1. The first-order valence-electron chi connectivity index (χ1n) is 10.1. The standard InChI is InChI=1S/C23H21F2N3O4S/c1-3-33(31,13-29)12-15-9-17(19-8-14(2)21-22(30)26-6-7-28(19)21)23(27-11-15)32-20-5-4-16(24)10-18(20)25/h4-11,13,33H,3,12H2,1-2H3,(H,26,30). The molecule has 4 rings (SSSR count). The Hall–Kier alpha value is -3.66. The van der Waals surface area contributed by atoms with E-state index in [9.17, 15) is 22.6 Å². The fraction of sp³-hybridized carbons (Fsp3) is 0.174. The predicted octanol–water partition coefficient (Wildman–Crippen LogP) is 3.80. The molecule has 0 atom stereocenters. The number of carbonyl (C=O) groups is 1. The van der Waals surface area contributed by atoms with Crippen molar-refractivity contribution >= 4 is 21.1 Å². The highest BCUT2D eigenvalue weighted by atomic mass is 32.2. The molecule has 7 nitrogen and oxygen atoms in total. The van der Waals surface area contributed by atoms with E-state index in [1.807, 2.05) is 0 Å². The number of aryl methyl sites for hydroxylation is 1. The summed E-state index contributed by atoms with van der Waals surface area (Å²) in [4.78, 5) is 30.6. The van der Waals surface area contributed by atoms with Crippen molar-refractivity contribution in [3.05, 3.63) is 82.0 Å². The maximum absolute atomic E-state index is 14.3. The van der Waals surface area contributed by atoms with Gasteiger partial charge in [0.25, 0.3) is 5.56 Å². The van der Waals surface area contributed by atoms with Gasteiger partial charge < -0.3 is 14.1 Å². The first kappa shape index (κ1) is 22.5. The molecule has 0 fully saturated rings. The quantitative estimate of drug-likeness (QED) is 0.315. The van der Waals surface area contributed by atoms with Gasteiger partial charge in [0, 0.05) is 36.2 Å². The van der Waals surface area contributed by atoms with Crippen molar-refractivity contribution in [1.29, 1.82) is 0 Å². The Balaban J connectivity index is 1.91. The van der Waals surface area contributed by atoms with Gasteiger partial charge in [-0.2, -0.15) is 0 Å². The van der Waals surface area contributed by atoms with Gasteiger partial charge in [0.05, 0.1) is 11.3 Å². The van der Waals surface area contributed by atoms with Crippen molar-refractivity contribution in [1.82, 2.24) is 14.4 Å². The van der Waals surface area contributed by atoms with Crippen molar-refractivity contribution in [2.45, 2.75) is 19.6 Å². The van der Waals surface area contributed by atoms with Crippen LogP contribution >= 0.6 is 0 Å². The lowest BCUT2D eigenvalue weighted by Crippen LogP contribution is -2.18. The third kappa shape index (κ3) is 4.34. The third-order valence-electron chi connectivity index (χ3n) is 5.34. The minimum Gasteiger partial charge on any atom is -0.435 e. The monoisotopic (exact) mass is 473 g/mol. The van der Waals surface area contributed by atoms with Gasteiger partial charge in [0.15, 0.2) is 17.2 Å². The summed E-state index contributed by atoms with van der Waals surface area (Å²) in [5, 5.41) is 0. The lowest BCUT2D eigenvalue weighted by Gasteiger charge is -2.17. The fourth-order valence-electron chi connectivity index (χ4n) is 3.60. The Kier molecular flexibility index (Phi) is 5.94. The van der Waals surface area contributed by atoms with Crippen LogP contribution in [-0.4, -0.2) is 29.9 Å². The second-order valence-corrected chi connectivity index (χ2v) is 10.7. The van der Waals surface area contributed by atoms with Crippen LogP contribution in [-0.2, 0) is 20.5 Å². The number of aromatic nitrogens is 3. The molecule has 172 valence electrons. The fourth-order valence-corrected chi connectivity index (χ4v) is 4.84. The number of nitrogens with one attached hydrogen (secondary N) is 1. The minimum atomic E-state index is -3.08. The van der Waals surface area contributed by atoms with E-state index in [2.05, 4.69) is 9.97 Å². The maximum Gasteiger partial charge on any atom is 0.272 e. The smallest absolute Gasteiger partial charge is 0.272 e. The van der Waals surface area contributed by atoms with Crippen LogP contribution in [0, 0.1) is 18.6 Å². The van der Waals surface area contributed by atoms with Crippen molar-refractivity contribution in [3.8, 4) is 22.9 Å². The molecule has 0 spiro atoms. The van der Waals surface area contributed by atoms with Gasteiger partial charge in [-0.3, -0.25) is 13.8 Å². The lowest BCUT2D eigenvalue weighted by molar-refractivity contribution is 0.425. The van der Waals surface area contributed by atoms with Crippen LogP contribution in [0.3, 0.4) is 0 Å². The molecule has 0 aliphatic heterocycles. The second kappa shape index (κ2) is 8.70. The van der Waals surface area contributed by atoms with Crippen molar-refractivity contribution in [3.63, 3.8) is 0 Å². The number of carbonyl (C=O) groups excluding carboxylic acids is 1. The van der Waals surface area contributed by atoms with E-state index in [0.29, 0.717) is 39.6 Å². The Bertz CT molecular complexity index is 1480. The second-order valence-electron chi connectivity index (χ2n) is 7.63. The van der Waals surface area contributed by atoms with Crippen molar-refractivity contribution in [2.75, 3.05) is 5.75 Å². The molecule has 0 saturated carbocycles. The van der Waals surface area contributed by atoms with E-state index in [0.717, 1.165) is 12.1 Å². The number of halogens is 2. The molecule has 4 aromatic rings. The molecule has 33 heavy (non-hydrogen) atoms. The Morgan fingerprint density at radius 3 is 2.73 bits per heavy atom. The number of nitrogens with zero attached hydrogens (tertiary/aromatic N) is 2. The van der Waals surface area contributed by atoms with E-state index in [-0.39, 0.29) is 28.7 Å². The number of rotatable bonds is 7. The summed E-state index contributed by atoms with van der Waals surface area (Å²) in [6.45, 7) is 3.44. The molecule has 0 aliphatic carbocycles. The summed E-state index contributed by atoms with van der Waals surface area (Å²) < 4.78 is 47.6. The van der Waals surface area contributed by atoms with Crippen LogP contribution in [0.1, 0.15) is 18.1 Å². The molecule has 1 N–H and O–H groups in total. The lowest BCUT2D eigenvalue weighted by atomic mass is 10.1. The summed E-state index contributed by atoms with van der Waals surface area (Å²) in [6.07, 6.45) is 4.53. The topological polar surface area (TPSA) is 93.5 Å². The zero-order valence-electron chi connectivity index (χ0n) is 17.8. The van der Waals surface area contributed by atoms with E-state index in [1.165, 1.54) is 12.4 Å². The highest BCUT2D eigenvalue weighted by Gasteiger charge is 2.20. The first-order chi connectivity index (χ1) is 15.7. The number of pyridine rings is 1. The Labute approximate surface area is 188 Å². The summed E-state index contributed by atoms with van der Waals surface area (Å²) in [5.41, 5.74) is 2.71. The van der Waals surface area contributed by atoms with Crippen molar-refractivity contribution in [2.24, 2.45) is 0 Å². The number of fused-ring (bicyclic) bond motifs is 1. The number of H-pyrrole nitrogens is 1. The highest BCUT2D eigenvalue weighted by Crippen LogP contribution is 2.35. The summed E-state index contributed by atoms with van der Waals surface area (Å²) in [7, 11) is -3.08. The summed E-state index contributed by atoms with van der Waals surface area (Å²) in [6, 6.07) is 6.30. The van der Waals surface area contributed by atoms with Crippen LogP contribution < -0.4 is 10.3 Å². The molecule has 1 aromatic carbocycles. The average Bonchev–Trinajstić information content (AvgIpc) is 3.14. The number of thiol groups is 1. The van der Waals surface area contributed by atoms with Gasteiger partial charge in [-0.05, 0) is 52.2 Å². The number of hydrogen-bond acceptors (Lipinski definition) is 5. The molecule has 0 bridgehead atoms. The van der Waals surface area contributed by atoms with Gasteiger partial charge >= 0.3 is 0 Å². The van der Waals surface area contributed by atoms with Gasteiger partial charge in [-0.25, -0.2) is 13.8 Å². The molecule has 3 heterocycles. The van der Waals surface area contributed by atoms with E-state index in [1.54, 1.807) is 36.6 Å². The van der Waals surface area contributed by atoms with Gasteiger partial charge in [0.2, 0.25) is 5.88 Å². The normalized spacial score (nSPS) is 12.1. The molecule has 0 radical (unpaired) electrons. The first-order valence-corrected chi connectivity index (χ1v) is 12.2. The number of aromatic amines is 1. The van der Waals surface area contributed by atoms with Crippen LogP contribution in [0.5, 0.6) is 11.6 Å². The van der Waals surface area contributed by atoms with Crippen LogP contribution in [0.15, 0.2) is 53.7 Å². The summed E-state index contributed by atoms with van der Waals surface area (Å²) in [5.74, 6) is -1.69. The SMILES string of the molecule is CC[SH](=O)(C=O)Cc1cnc(Oc2ccc(F)cc2F)c(-c2cc(C)c3c(=O)[nH]ccn23)c1. The molecule has 0 saturated heterocycles. The summed E-state index contributed by atoms with van der Waals surface area (Å²) >= 11 is 0. The number of hydrogen-bond donors (Lipinski definition) is 2. The van der Waals surface area contributed by atoms with Crippen LogP contribution in [0.4, 0.5) is 8.78 Å². The van der Waals surface area contributed by atoms with Gasteiger partial charge in [-0.1, -0.05) is 6.92 Å². The molecular formula is C23H21F2N3O4S. The minimum absolute atomic E-state index is 0.00105. The van der Waals surface area contributed by atoms with Crippen LogP contribution in [0.25, 0.3) is 16.8 Å². The predicted molar refractivity (Wildman–Crippen MR) is 123 cm³/mol. The zero-order chi connectivity index (χ0) is 23.8. The third-order valence-corrected chi connectivity index (χ3v) is 7.70. The Morgan fingerprint density at radius 1 is 1.24 bits per heavy atom. The average molecular weight is 474 g/mol. The molecule has 3 aromatic heterocycles. The molecule has 0 unspecified atom stereocenters. The highest BCUT2D eigenvalue weighted by molar-refractivity contribution is 8.14. The number of benzene rings is 1. The maximum atomic E-state index is 14.3. The van der Waals surface area contributed by atoms with Crippen LogP contribution in [0.2, 0.25) is 0 Å². The van der Waals surface area contributed by atoms with E-state index >= 15 is 0 Å². The zero-order valence-corrected chi connectivity index (χ0v) is 18.7. The Morgan fingerprint density at radius 2 is 2.03 bits per heavy atom. The largest absolute Gasteiger partial charge is 0.435 e.